The molecule has 2 N–H and O–H groups in total. The van der Waals surface area contributed by atoms with Crippen molar-refractivity contribution in [1.29, 1.82) is 0 Å². The summed E-state index contributed by atoms with van der Waals surface area (Å²) < 4.78 is 0. The summed E-state index contributed by atoms with van der Waals surface area (Å²) >= 11 is 0. The summed E-state index contributed by atoms with van der Waals surface area (Å²) in [5.41, 5.74) is 1.00. The van der Waals surface area contributed by atoms with Crippen molar-refractivity contribution in [1.82, 2.24) is 20.5 Å². The van der Waals surface area contributed by atoms with Gasteiger partial charge in [-0.2, -0.15) is 0 Å². The predicted octanol–water partition coefficient (Wildman–Crippen LogP) is 4.01. The summed E-state index contributed by atoms with van der Waals surface area (Å²) in [6.07, 6.45) is 8.92. The lowest BCUT2D eigenvalue weighted by atomic mass is 9.49. The molecule has 1 heterocycles. The van der Waals surface area contributed by atoms with E-state index in [-0.39, 0.29) is 22.6 Å². The van der Waals surface area contributed by atoms with E-state index < -0.39 is 6.04 Å². The van der Waals surface area contributed by atoms with E-state index in [4.69, 9.17) is 0 Å². The molecule has 0 aliphatic heterocycles. The number of nitrogens with one attached hydrogen (secondary N) is 2. The Morgan fingerprint density at radius 2 is 1.73 bits per heavy atom. The molecule has 1 aromatic heterocycles. The number of hydrogen-bond donors (Lipinski definition) is 2. The van der Waals surface area contributed by atoms with Gasteiger partial charge in [0.25, 0.3) is 5.56 Å². The van der Waals surface area contributed by atoms with Crippen LogP contribution in [-0.4, -0.2) is 21.1 Å². The summed E-state index contributed by atoms with van der Waals surface area (Å²) in [5.74, 6) is 2.97. The van der Waals surface area contributed by atoms with E-state index in [0.29, 0.717) is 18.7 Å². The molecule has 4 saturated carbocycles. The zero-order chi connectivity index (χ0) is 20.7. The van der Waals surface area contributed by atoms with Crippen LogP contribution < -0.4 is 10.9 Å². The van der Waals surface area contributed by atoms with Crippen molar-refractivity contribution < 1.29 is 4.79 Å². The fourth-order valence-corrected chi connectivity index (χ4v) is 6.76. The maximum absolute atomic E-state index is 13.0. The number of hydrogen-bond acceptors (Lipinski definition) is 4. The Hall–Kier alpha value is -2.50. The van der Waals surface area contributed by atoms with Crippen LogP contribution in [0.1, 0.15) is 70.0 Å². The van der Waals surface area contributed by atoms with Gasteiger partial charge in [-0.3, -0.25) is 9.59 Å². The van der Waals surface area contributed by atoms with Crippen molar-refractivity contribution in [2.45, 2.75) is 64.3 Å². The summed E-state index contributed by atoms with van der Waals surface area (Å²) in [6.45, 7) is 1.96. The lowest BCUT2D eigenvalue weighted by Gasteiger charge is -2.56. The SMILES string of the molecule is CCC(NC(=O)CC12CC3CC(CC(C3)C1)C2)c1nnc(-c2ccccc2)[nH]c1=O. The molecule has 0 radical (unpaired) electrons. The standard InChI is InChI=1S/C24H30N4O2/c1-2-19(21-23(30)26-22(28-27-21)18-6-4-3-5-7-18)25-20(29)14-24-11-15-8-16(12-24)10-17(9-15)13-24/h3-7,15-17,19H,2,8-14H2,1H3,(H,25,29)(H,26,28,30). The molecule has 4 aliphatic rings. The lowest BCUT2D eigenvalue weighted by molar-refractivity contribution is -0.130. The summed E-state index contributed by atoms with van der Waals surface area (Å²) in [4.78, 5) is 28.5. The van der Waals surface area contributed by atoms with Gasteiger partial charge in [0, 0.05) is 12.0 Å². The van der Waals surface area contributed by atoms with E-state index in [0.717, 1.165) is 23.3 Å². The Kier molecular flexibility index (Phi) is 4.95. The Labute approximate surface area is 176 Å². The van der Waals surface area contributed by atoms with E-state index in [1.165, 1.54) is 38.5 Å². The normalized spacial score (nSPS) is 30.2. The predicted molar refractivity (Wildman–Crippen MR) is 114 cm³/mol. The van der Waals surface area contributed by atoms with Gasteiger partial charge in [-0.1, -0.05) is 37.3 Å². The summed E-state index contributed by atoms with van der Waals surface area (Å²) in [7, 11) is 0. The number of aromatic nitrogens is 3. The fraction of sp³-hybridized carbons (Fsp3) is 0.583. The highest BCUT2D eigenvalue weighted by Crippen LogP contribution is 2.61. The molecule has 6 nitrogen and oxygen atoms in total. The zero-order valence-electron chi connectivity index (χ0n) is 17.6. The minimum Gasteiger partial charge on any atom is -0.347 e. The molecule has 0 spiro atoms. The van der Waals surface area contributed by atoms with Crippen molar-refractivity contribution >= 4 is 5.91 Å². The molecule has 2 aromatic rings. The number of carbonyl (C=O) groups excluding carboxylic acids is 1. The average Bonchev–Trinajstić information content (AvgIpc) is 2.71. The van der Waals surface area contributed by atoms with Gasteiger partial charge in [0.2, 0.25) is 5.91 Å². The second kappa shape index (κ2) is 7.64. The van der Waals surface area contributed by atoms with Gasteiger partial charge in [-0.05, 0) is 68.1 Å². The quantitative estimate of drug-likeness (QED) is 0.759. The first-order valence-corrected chi connectivity index (χ1v) is 11.4. The molecular formula is C24H30N4O2. The maximum Gasteiger partial charge on any atom is 0.275 e. The number of H-pyrrole nitrogens is 1. The third kappa shape index (κ3) is 3.68. The molecule has 1 aromatic carbocycles. The monoisotopic (exact) mass is 406 g/mol. The Bertz CT molecular complexity index is 949. The largest absolute Gasteiger partial charge is 0.347 e. The first-order chi connectivity index (χ1) is 14.5. The summed E-state index contributed by atoms with van der Waals surface area (Å²) in [6, 6.07) is 9.04. The van der Waals surface area contributed by atoms with Gasteiger partial charge in [0.15, 0.2) is 11.5 Å². The number of amides is 1. The number of benzene rings is 1. The molecule has 158 valence electrons. The summed E-state index contributed by atoms with van der Waals surface area (Å²) in [5, 5.41) is 11.5. The minimum absolute atomic E-state index is 0.0529. The highest BCUT2D eigenvalue weighted by atomic mass is 16.2. The van der Waals surface area contributed by atoms with Crippen LogP contribution in [0.5, 0.6) is 0 Å². The minimum atomic E-state index is -0.410. The first-order valence-electron chi connectivity index (χ1n) is 11.4. The van der Waals surface area contributed by atoms with Crippen LogP contribution in [0.3, 0.4) is 0 Å². The zero-order valence-corrected chi connectivity index (χ0v) is 17.6. The third-order valence-electron chi connectivity index (χ3n) is 7.54. The van der Waals surface area contributed by atoms with Crippen LogP contribution in [0.4, 0.5) is 0 Å². The van der Waals surface area contributed by atoms with Crippen LogP contribution in [0, 0.1) is 23.2 Å². The molecule has 6 heteroatoms. The van der Waals surface area contributed by atoms with E-state index >= 15 is 0 Å². The van der Waals surface area contributed by atoms with E-state index in [1.54, 1.807) is 0 Å². The maximum atomic E-state index is 13.0. The Morgan fingerprint density at radius 1 is 1.10 bits per heavy atom. The molecule has 4 fully saturated rings. The molecule has 6 rings (SSSR count). The molecule has 4 aliphatic carbocycles. The van der Waals surface area contributed by atoms with Gasteiger partial charge in [-0.15, -0.1) is 10.2 Å². The molecule has 1 unspecified atom stereocenters. The van der Waals surface area contributed by atoms with Crippen molar-refractivity contribution in [3.8, 4) is 11.4 Å². The van der Waals surface area contributed by atoms with Crippen LogP contribution in [0.25, 0.3) is 11.4 Å². The number of nitrogens with zero attached hydrogens (tertiary/aromatic N) is 2. The topological polar surface area (TPSA) is 87.7 Å². The van der Waals surface area contributed by atoms with Gasteiger partial charge >= 0.3 is 0 Å². The number of aromatic amines is 1. The van der Waals surface area contributed by atoms with Crippen molar-refractivity contribution in [2.24, 2.45) is 23.2 Å². The van der Waals surface area contributed by atoms with Crippen LogP contribution in [0.2, 0.25) is 0 Å². The van der Waals surface area contributed by atoms with Crippen molar-refractivity contribution in [3.05, 3.63) is 46.4 Å². The second-order valence-electron chi connectivity index (χ2n) is 9.88. The first kappa shape index (κ1) is 19.5. The highest BCUT2D eigenvalue weighted by Gasteiger charge is 2.51. The van der Waals surface area contributed by atoms with Gasteiger partial charge in [0.1, 0.15) is 0 Å². The van der Waals surface area contributed by atoms with Crippen molar-refractivity contribution in [2.75, 3.05) is 0 Å². The van der Waals surface area contributed by atoms with E-state index in [2.05, 4.69) is 20.5 Å². The van der Waals surface area contributed by atoms with Crippen LogP contribution in [0.15, 0.2) is 35.1 Å². The fourth-order valence-electron chi connectivity index (χ4n) is 6.76. The van der Waals surface area contributed by atoms with E-state index in [1.807, 2.05) is 37.3 Å². The third-order valence-corrected chi connectivity index (χ3v) is 7.54. The molecule has 30 heavy (non-hydrogen) atoms. The van der Waals surface area contributed by atoms with E-state index in [9.17, 15) is 9.59 Å². The molecule has 0 saturated heterocycles. The lowest BCUT2D eigenvalue weighted by Crippen LogP contribution is -2.48. The average molecular weight is 407 g/mol. The van der Waals surface area contributed by atoms with Crippen LogP contribution >= 0.6 is 0 Å². The number of carbonyl (C=O) groups is 1. The Morgan fingerprint density at radius 3 is 2.30 bits per heavy atom. The highest BCUT2D eigenvalue weighted by molar-refractivity contribution is 5.77. The molecular weight excluding hydrogens is 376 g/mol. The van der Waals surface area contributed by atoms with Gasteiger partial charge in [-0.25, -0.2) is 0 Å². The van der Waals surface area contributed by atoms with Gasteiger partial charge in [0.05, 0.1) is 6.04 Å². The van der Waals surface area contributed by atoms with Gasteiger partial charge < -0.3 is 10.3 Å². The van der Waals surface area contributed by atoms with Crippen molar-refractivity contribution in [3.63, 3.8) is 0 Å². The smallest absolute Gasteiger partial charge is 0.275 e. The van der Waals surface area contributed by atoms with Crippen LogP contribution in [-0.2, 0) is 4.79 Å². The molecule has 1 amide bonds. The molecule has 1 atom stereocenters. The molecule has 4 bridgehead atoms. The number of rotatable bonds is 6. The second-order valence-corrected chi connectivity index (χ2v) is 9.88. The Balaban J connectivity index is 1.29.